The molecule has 1 heterocycles. The Morgan fingerprint density at radius 1 is 0.600 bits per heavy atom. The van der Waals surface area contributed by atoms with Gasteiger partial charge in [-0.25, -0.2) is 4.98 Å². The van der Waals surface area contributed by atoms with Crippen LogP contribution in [0.3, 0.4) is 0 Å². The quantitative estimate of drug-likeness (QED) is 0.0800. The van der Waals surface area contributed by atoms with Gasteiger partial charge >= 0.3 is 0 Å². The zero-order valence-electron chi connectivity index (χ0n) is 26.2. The number of hydrogen-bond donors (Lipinski definition) is 0. The molecule has 1 aromatic heterocycles. The molecule has 0 N–H and O–H groups in total. The molecular formula is C37H39NO6S. The van der Waals surface area contributed by atoms with Gasteiger partial charge in [0.15, 0.2) is 23.0 Å². The molecule has 0 amide bonds. The number of benzene rings is 4. The minimum absolute atomic E-state index is 0.566. The number of aromatic nitrogens is 1. The van der Waals surface area contributed by atoms with Crippen LogP contribution < -0.4 is 28.4 Å². The maximum absolute atomic E-state index is 6.13. The fourth-order valence-electron chi connectivity index (χ4n) is 4.94. The number of rotatable bonds is 16. The van der Waals surface area contributed by atoms with Gasteiger partial charge in [-0.3, -0.25) is 0 Å². The molecule has 0 saturated carbocycles. The molecule has 0 saturated heterocycles. The molecule has 0 radical (unpaired) electrons. The highest BCUT2D eigenvalue weighted by Gasteiger charge is 2.12. The summed E-state index contributed by atoms with van der Waals surface area (Å²) < 4.78 is 35.3. The van der Waals surface area contributed by atoms with Crippen molar-refractivity contribution in [3.8, 4) is 45.1 Å². The molecule has 0 aliphatic carbocycles. The number of para-hydroxylation sites is 1. The van der Waals surface area contributed by atoms with E-state index in [1.165, 1.54) is 4.70 Å². The third-order valence-corrected chi connectivity index (χ3v) is 8.37. The fraction of sp³-hybridized carbons (Fsp3) is 0.270. The molecule has 0 unspecified atom stereocenters. The predicted molar refractivity (Wildman–Crippen MR) is 183 cm³/mol. The molecule has 234 valence electrons. The van der Waals surface area contributed by atoms with Crippen molar-refractivity contribution in [2.45, 2.75) is 25.7 Å². The molecular weight excluding hydrogens is 586 g/mol. The van der Waals surface area contributed by atoms with Gasteiger partial charge in [0.1, 0.15) is 10.8 Å². The Balaban J connectivity index is 1.07. The topological polar surface area (TPSA) is 68.3 Å². The van der Waals surface area contributed by atoms with Crippen LogP contribution in [0.25, 0.3) is 32.9 Å². The van der Waals surface area contributed by atoms with Gasteiger partial charge in [0.25, 0.3) is 0 Å². The number of hydrogen-bond acceptors (Lipinski definition) is 8. The van der Waals surface area contributed by atoms with Crippen LogP contribution in [0.1, 0.15) is 36.8 Å². The second-order valence-electron chi connectivity index (χ2n) is 10.3. The van der Waals surface area contributed by atoms with E-state index in [1.807, 2.05) is 72.8 Å². The van der Waals surface area contributed by atoms with Gasteiger partial charge in [0, 0.05) is 5.56 Å². The molecule has 0 bridgehead atoms. The Morgan fingerprint density at radius 3 is 2.00 bits per heavy atom. The average Bonchev–Trinajstić information content (AvgIpc) is 3.53. The first-order valence-corrected chi connectivity index (χ1v) is 15.8. The lowest BCUT2D eigenvalue weighted by molar-refractivity contribution is 0.277. The van der Waals surface area contributed by atoms with Crippen LogP contribution in [-0.2, 0) is 0 Å². The second-order valence-corrected chi connectivity index (χ2v) is 11.4. The molecule has 0 atom stereocenters. The van der Waals surface area contributed by atoms with Gasteiger partial charge in [0.2, 0.25) is 5.75 Å². The molecule has 0 fully saturated rings. The van der Waals surface area contributed by atoms with Crippen molar-refractivity contribution in [1.82, 2.24) is 4.98 Å². The summed E-state index contributed by atoms with van der Waals surface area (Å²) >= 11 is 1.70. The lowest BCUT2D eigenvalue weighted by Gasteiger charge is -2.13. The highest BCUT2D eigenvalue weighted by Crippen LogP contribution is 2.39. The largest absolute Gasteiger partial charge is 0.494 e. The first kappa shape index (κ1) is 31.7. The van der Waals surface area contributed by atoms with Gasteiger partial charge in [-0.15, -0.1) is 11.3 Å². The van der Waals surface area contributed by atoms with E-state index in [0.717, 1.165) is 64.4 Å². The molecule has 5 aromatic rings. The minimum Gasteiger partial charge on any atom is -0.494 e. The first-order valence-electron chi connectivity index (χ1n) is 15.0. The highest BCUT2D eigenvalue weighted by molar-refractivity contribution is 7.21. The lowest BCUT2D eigenvalue weighted by atomic mass is 10.1. The van der Waals surface area contributed by atoms with E-state index in [-0.39, 0.29) is 0 Å². The second kappa shape index (κ2) is 15.9. The number of ether oxygens (including phenoxy) is 6. The maximum atomic E-state index is 6.13. The summed E-state index contributed by atoms with van der Waals surface area (Å²) in [6.07, 6.45) is 8.06. The van der Waals surface area contributed by atoms with Crippen LogP contribution in [0.4, 0.5) is 0 Å². The van der Waals surface area contributed by atoms with Gasteiger partial charge in [0.05, 0.1) is 51.9 Å². The Bertz CT molecular complexity index is 1670. The SMILES string of the molecule is COc1ccc(/C=C\c2cc(OC)c(OC)c(OC)c2)cc1OCCCCCCOc1cccc(-c2nc3ccccc3s2)c1. The van der Waals surface area contributed by atoms with Gasteiger partial charge in [-0.1, -0.05) is 42.5 Å². The minimum atomic E-state index is 0.566. The lowest BCUT2D eigenvalue weighted by Crippen LogP contribution is -2.01. The normalized spacial score (nSPS) is 11.1. The van der Waals surface area contributed by atoms with Crippen LogP contribution in [0.2, 0.25) is 0 Å². The van der Waals surface area contributed by atoms with E-state index in [1.54, 1.807) is 39.8 Å². The third-order valence-electron chi connectivity index (χ3n) is 7.28. The summed E-state index contributed by atoms with van der Waals surface area (Å²) in [6.45, 7) is 1.29. The maximum Gasteiger partial charge on any atom is 0.203 e. The predicted octanol–water partition coefficient (Wildman–Crippen LogP) is 9.19. The van der Waals surface area contributed by atoms with E-state index in [0.29, 0.717) is 36.2 Å². The third kappa shape index (κ3) is 8.28. The fourth-order valence-corrected chi connectivity index (χ4v) is 5.91. The molecule has 0 aliphatic heterocycles. The van der Waals surface area contributed by atoms with Crippen molar-refractivity contribution in [2.75, 3.05) is 41.7 Å². The molecule has 7 nitrogen and oxygen atoms in total. The molecule has 4 aromatic carbocycles. The summed E-state index contributed by atoms with van der Waals surface area (Å²) in [6, 6.07) is 26.1. The zero-order valence-corrected chi connectivity index (χ0v) is 27.0. The Morgan fingerprint density at radius 2 is 1.29 bits per heavy atom. The number of unbranched alkanes of at least 4 members (excludes halogenated alkanes) is 3. The first-order chi connectivity index (χ1) is 22.1. The van der Waals surface area contributed by atoms with Gasteiger partial charge in [-0.05, 0) is 85.3 Å². The number of nitrogens with zero attached hydrogens (tertiary/aromatic N) is 1. The molecule has 45 heavy (non-hydrogen) atoms. The molecule has 5 rings (SSSR count). The molecule has 0 spiro atoms. The van der Waals surface area contributed by atoms with Gasteiger partial charge < -0.3 is 28.4 Å². The smallest absolute Gasteiger partial charge is 0.203 e. The zero-order chi connectivity index (χ0) is 31.4. The van der Waals surface area contributed by atoms with Gasteiger partial charge in [-0.2, -0.15) is 0 Å². The van der Waals surface area contributed by atoms with Crippen molar-refractivity contribution in [3.63, 3.8) is 0 Å². The summed E-state index contributed by atoms with van der Waals surface area (Å²) in [5, 5.41) is 1.01. The molecule has 0 aliphatic rings. The van der Waals surface area contributed by atoms with Crippen molar-refractivity contribution in [2.24, 2.45) is 0 Å². The van der Waals surface area contributed by atoms with Crippen molar-refractivity contribution in [3.05, 3.63) is 90.0 Å². The van der Waals surface area contributed by atoms with Crippen LogP contribution in [0.15, 0.2) is 78.9 Å². The Kier molecular flexibility index (Phi) is 11.2. The standard InChI is InChI=1S/C37H39NO6S/c1-39-31-19-18-26(16-17-27-23-33(40-2)36(42-4)34(24-27)41-3)22-32(31)44-21-10-6-5-9-20-43-29-13-11-12-28(25-29)37-38-30-14-7-8-15-35(30)45-37/h7-8,11-19,22-25H,5-6,9-10,20-21H2,1-4H3/b17-16-. The number of fused-ring (bicyclic) bond motifs is 1. The van der Waals surface area contributed by atoms with Crippen LogP contribution in [-0.4, -0.2) is 46.6 Å². The summed E-state index contributed by atoms with van der Waals surface area (Å²) in [5.41, 5.74) is 4.03. The number of methoxy groups -OCH3 is 4. The Hall–Kier alpha value is -4.69. The van der Waals surface area contributed by atoms with E-state index in [4.69, 9.17) is 33.4 Å². The van der Waals surface area contributed by atoms with Crippen LogP contribution in [0, 0.1) is 0 Å². The number of thiazole rings is 1. The highest BCUT2D eigenvalue weighted by atomic mass is 32.1. The van der Waals surface area contributed by atoms with E-state index in [2.05, 4.69) is 18.2 Å². The van der Waals surface area contributed by atoms with Crippen molar-refractivity contribution >= 4 is 33.7 Å². The van der Waals surface area contributed by atoms with E-state index < -0.39 is 0 Å². The Labute approximate surface area is 269 Å². The van der Waals surface area contributed by atoms with Crippen molar-refractivity contribution < 1.29 is 28.4 Å². The monoisotopic (exact) mass is 625 g/mol. The van der Waals surface area contributed by atoms with Crippen molar-refractivity contribution in [1.29, 1.82) is 0 Å². The summed E-state index contributed by atoms with van der Waals surface area (Å²) in [7, 11) is 6.47. The summed E-state index contributed by atoms with van der Waals surface area (Å²) in [5.74, 6) is 4.09. The average molecular weight is 626 g/mol. The van der Waals surface area contributed by atoms with Crippen LogP contribution in [0.5, 0.6) is 34.5 Å². The van der Waals surface area contributed by atoms with E-state index >= 15 is 0 Å². The molecule has 8 heteroatoms. The van der Waals surface area contributed by atoms with Crippen LogP contribution >= 0.6 is 11.3 Å². The summed E-state index contributed by atoms with van der Waals surface area (Å²) in [4.78, 5) is 4.77. The van der Waals surface area contributed by atoms with E-state index in [9.17, 15) is 0 Å².